The number of nitrogens with zero attached hydrogens (tertiary/aromatic N) is 1. The van der Waals surface area contributed by atoms with Gasteiger partial charge in [0.2, 0.25) is 21.0 Å². The minimum atomic E-state index is -4.10. The fourth-order valence-electron chi connectivity index (χ4n) is 3.30. The summed E-state index contributed by atoms with van der Waals surface area (Å²) in [6.45, 7) is 1.63. The molecule has 0 saturated carbocycles. The summed E-state index contributed by atoms with van der Waals surface area (Å²) in [5.74, 6) is -1.76. The molecule has 1 heterocycles. The first-order chi connectivity index (χ1) is 15.5. The molecule has 3 N–H and O–H groups in total. The average molecular weight is 529 g/mol. The maximum absolute atomic E-state index is 13.2. The molecule has 0 bridgehead atoms. The van der Waals surface area contributed by atoms with E-state index < -0.39 is 38.4 Å². The third-order valence-corrected chi connectivity index (χ3v) is 8.86. The van der Waals surface area contributed by atoms with Crippen LogP contribution >= 0.6 is 35.1 Å². The van der Waals surface area contributed by atoms with Crippen LogP contribution in [0.5, 0.6) is 0 Å². The number of carbonyl (C=O) groups excluding carboxylic acids is 2. The number of nitrogens with two attached hydrogens (primary N) is 1. The molecule has 0 radical (unpaired) electrons. The molecule has 3 atom stereocenters. The number of hydrogen-bond donors (Lipinski definition) is 2. The van der Waals surface area contributed by atoms with Gasteiger partial charge in [0, 0.05) is 23.0 Å². The number of primary sulfonamides is 1. The molecule has 0 aliphatic carbocycles. The Balaban J connectivity index is 1.74. The standard InChI is InChI=1S/C21H21ClN2O6S3/c1-12(10-32-21(28)14-7-8-15(22)17(9-14)33(23,29)30)18(25)24-16(20(26)27)11-31-19(24)13-5-3-2-4-6-13/h2-9,12,16,19H,10-11H2,1H3,(H,26,27)(H2,23,29,30)/t12-,16?,19?/m1/s1. The summed E-state index contributed by atoms with van der Waals surface area (Å²) >= 11 is 8.07. The first-order valence-electron chi connectivity index (χ1n) is 9.71. The van der Waals surface area contributed by atoms with E-state index in [1.165, 1.54) is 28.8 Å². The normalized spacial score (nSPS) is 19.3. The lowest BCUT2D eigenvalue weighted by Gasteiger charge is -2.30. The van der Waals surface area contributed by atoms with Crippen LogP contribution in [0.3, 0.4) is 0 Å². The Morgan fingerprint density at radius 2 is 1.91 bits per heavy atom. The zero-order valence-corrected chi connectivity index (χ0v) is 20.6. The fourth-order valence-corrected chi connectivity index (χ4v) is 6.64. The van der Waals surface area contributed by atoms with Gasteiger partial charge in [0.1, 0.15) is 16.3 Å². The van der Waals surface area contributed by atoms with Gasteiger partial charge in [-0.05, 0) is 23.8 Å². The summed E-state index contributed by atoms with van der Waals surface area (Å²) in [4.78, 5) is 38.6. The zero-order valence-electron chi connectivity index (χ0n) is 17.4. The van der Waals surface area contributed by atoms with E-state index in [0.717, 1.165) is 23.4 Å². The highest BCUT2D eigenvalue weighted by Gasteiger charge is 2.43. The second kappa shape index (κ2) is 10.5. The average Bonchev–Trinajstić information content (AvgIpc) is 3.22. The van der Waals surface area contributed by atoms with E-state index in [1.54, 1.807) is 6.92 Å². The number of carbonyl (C=O) groups is 3. The summed E-state index contributed by atoms with van der Waals surface area (Å²) in [7, 11) is -4.10. The molecule has 1 aliphatic rings. The lowest BCUT2D eigenvalue weighted by molar-refractivity contribution is -0.150. The van der Waals surface area contributed by atoms with Crippen LogP contribution in [-0.2, 0) is 19.6 Å². The molecule has 0 aromatic heterocycles. The number of rotatable bonds is 7. The quantitative estimate of drug-likeness (QED) is 0.559. The Labute approximate surface area is 204 Å². The zero-order chi connectivity index (χ0) is 24.3. The number of sulfonamides is 1. The van der Waals surface area contributed by atoms with Crippen LogP contribution in [0.25, 0.3) is 0 Å². The minimum Gasteiger partial charge on any atom is -0.480 e. The topological polar surface area (TPSA) is 135 Å². The largest absolute Gasteiger partial charge is 0.480 e. The van der Waals surface area contributed by atoms with E-state index in [1.807, 2.05) is 30.3 Å². The molecule has 2 unspecified atom stereocenters. The van der Waals surface area contributed by atoms with Crippen LogP contribution in [0, 0.1) is 5.92 Å². The van der Waals surface area contributed by atoms with Gasteiger partial charge in [-0.15, -0.1) is 11.8 Å². The minimum absolute atomic E-state index is 0.0791. The lowest BCUT2D eigenvalue weighted by Crippen LogP contribution is -2.45. The highest BCUT2D eigenvalue weighted by atomic mass is 35.5. The Morgan fingerprint density at radius 3 is 2.52 bits per heavy atom. The number of carboxylic acids is 1. The smallest absolute Gasteiger partial charge is 0.327 e. The summed E-state index contributed by atoms with van der Waals surface area (Å²) in [6, 6.07) is 12.0. The van der Waals surface area contributed by atoms with Crippen molar-refractivity contribution in [3.63, 3.8) is 0 Å². The van der Waals surface area contributed by atoms with Crippen LogP contribution in [-0.4, -0.2) is 53.0 Å². The van der Waals surface area contributed by atoms with Crippen molar-refractivity contribution in [2.24, 2.45) is 11.1 Å². The van der Waals surface area contributed by atoms with Crippen LogP contribution in [0.15, 0.2) is 53.4 Å². The van der Waals surface area contributed by atoms with Crippen molar-refractivity contribution >= 4 is 62.1 Å². The van der Waals surface area contributed by atoms with Gasteiger partial charge < -0.3 is 10.0 Å². The van der Waals surface area contributed by atoms with Crippen molar-refractivity contribution in [1.82, 2.24) is 4.90 Å². The Hall–Kier alpha value is -2.05. The predicted molar refractivity (Wildman–Crippen MR) is 129 cm³/mol. The predicted octanol–water partition coefficient (Wildman–Crippen LogP) is 3.22. The first-order valence-corrected chi connectivity index (χ1v) is 13.7. The number of carboxylic acid groups (broad SMARTS) is 1. The van der Waals surface area contributed by atoms with Gasteiger partial charge in [-0.2, -0.15) is 0 Å². The Morgan fingerprint density at radius 1 is 1.24 bits per heavy atom. The Bertz CT molecular complexity index is 1180. The molecule has 3 rings (SSSR count). The molecular weight excluding hydrogens is 508 g/mol. The van der Waals surface area contributed by atoms with Gasteiger partial charge >= 0.3 is 5.97 Å². The van der Waals surface area contributed by atoms with Crippen molar-refractivity contribution in [1.29, 1.82) is 0 Å². The fraction of sp³-hybridized carbons (Fsp3) is 0.286. The molecule has 33 heavy (non-hydrogen) atoms. The monoisotopic (exact) mass is 528 g/mol. The lowest BCUT2D eigenvalue weighted by atomic mass is 10.1. The van der Waals surface area contributed by atoms with Gasteiger partial charge in [0.05, 0.1) is 5.02 Å². The number of benzene rings is 2. The number of amides is 1. The number of halogens is 1. The second-order valence-corrected chi connectivity index (χ2v) is 11.4. The third-order valence-electron chi connectivity index (χ3n) is 4.98. The number of hydrogen-bond acceptors (Lipinski definition) is 7. The van der Waals surface area contributed by atoms with Gasteiger partial charge in [-0.3, -0.25) is 9.59 Å². The second-order valence-electron chi connectivity index (χ2n) is 7.39. The van der Waals surface area contributed by atoms with Gasteiger partial charge in [0.25, 0.3) is 0 Å². The van der Waals surface area contributed by atoms with E-state index in [0.29, 0.717) is 0 Å². The van der Waals surface area contributed by atoms with Crippen LogP contribution in [0.2, 0.25) is 5.02 Å². The van der Waals surface area contributed by atoms with E-state index in [9.17, 15) is 27.9 Å². The molecule has 0 spiro atoms. The van der Waals surface area contributed by atoms with Crippen LogP contribution in [0.1, 0.15) is 28.2 Å². The molecule has 1 amide bonds. The molecule has 1 saturated heterocycles. The third kappa shape index (κ3) is 5.90. The first kappa shape index (κ1) is 25.6. The summed E-state index contributed by atoms with van der Waals surface area (Å²) in [5.41, 5.74) is 0.905. The maximum atomic E-state index is 13.2. The van der Waals surface area contributed by atoms with Crippen molar-refractivity contribution in [3.05, 3.63) is 64.7 Å². The van der Waals surface area contributed by atoms with Crippen molar-refractivity contribution < 1.29 is 27.9 Å². The molecule has 176 valence electrons. The van der Waals surface area contributed by atoms with E-state index >= 15 is 0 Å². The number of thioether (sulfide) groups is 2. The molecular formula is C21H21ClN2O6S3. The van der Waals surface area contributed by atoms with Gasteiger partial charge in [-0.1, -0.05) is 60.6 Å². The van der Waals surface area contributed by atoms with Crippen molar-refractivity contribution in [3.8, 4) is 0 Å². The molecule has 1 aliphatic heterocycles. The Kier molecular flexibility index (Phi) is 8.12. The summed E-state index contributed by atoms with van der Waals surface area (Å²) in [6.07, 6.45) is 0. The van der Waals surface area contributed by atoms with Crippen molar-refractivity contribution in [2.75, 3.05) is 11.5 Å². The maximum Gasteiger partial charge on any atom is 0.327 e. The van der Waals surface area contributed by atoms with Crippen molar-refractivity contribution in [2.45, 2.75) is 23.2 Å². The molecule has 8 nitrogen and oxygen atoms in total. The molecule has 1 fully saturated rings. The summed E-state index contributed by atoms with van der Waals surface area (Å²) < 4.78 is 23.3. The van der Waals surface area contributed by atoms with E-state index in [2.05, 4.69) is 0 Å². The highest BCUT2D eigenvalue weighted by molar-refractivity contribution is 8.14. The van der Waals surface area contributed by atoms with E-state index in [-0.39, 0.29) is 32.9 Å². The van der Waals surface area contributed by atoms with Gasteiger partial charge in [0.15, 0.2) is 0 Å². The highest BCUT2D eigenvalue weighted by Crippen LogP contribution is 2.42. The summed E-state index contributed by atoms with van der Waals surface area (Å²) in [5, 5.41) is 13.8. The molecule has 2 aromatic rings. The molecule has 12 heteroatoms. The number of aliphatic carboxylic acids is 1. The molecule has 2 aromatic carbocycles. The van der Waals surface area contributed by atoms with Crippen LogP contribution in [0.4, 0.5) is 0 Å². The van der Waals surface area contributed by atoms with E-state index in [4.69, 9.17) is 16.7 Å². The van der Waals surface area contributed by atoms with Crippen LogP contribution < -0.4 is 5.14 Å². The SMILES string of the molecule is C[C@H](CSC(=O)c1ccc(Cl)c(S(N)(=O)=O)c1)C(=O)N1C(C(=O)O)CSC1c1ccccc1. The van der Waals surface area contributed by atoms with Gasteiger partial charge in [-0.25, -0.2) is 18.4 Å².